The van der Waals surface area contributed by atoms with Gasteiger partial charge in [0.15, 0.2) is 0 Å². The molecule has 68 heavy (non-hydrogen) atoms. The van der Waals surface area contributed by atoms with Crippen LogP contribution in [0, 0.1) is 24.3 Å². The third-order valence-electron chi connectivity index (χ3n) is 10.7. The molecule has 0 saturated carbocycles. The van der Waals surface area contributed by atoms with Crippen molar-refractivity contribution in [1.29, 1.82) is 0 Å². The Morgan fingerprint density at radius 3 is 0.721 bits per heavy atom. The van der Waals surface area contributed by atoms with Crippen molar-refractivity contribution in [2.75, 3.05) is 12.3 Å². The summed E-state index contributed by atoms with van der Waals surface area (Å²) < 4.78 is 0. The fourth-order valence-corrected chi connectivity index (χ4v) is 12.3. The second-order valence-electron chi connectivity index (χ2n) is 15.3. The average Bonchev–Trinajstić information content (AvgIpc) is 3.42. The maximum absolute atomic E-state index is 4.65. The molecule has 0 aliphatic carbocycles. The first-order chi connectivity index (χ1) is 32.8. The summed E-state index contributed by atoms with van der Waals surface area (Å²) in [6.45, 7) is 0. The van der Waals surface area contributed by atoms with Crippen LogP contribution in [0.15, 0.2) is 255 Å². The van der Waals surface area contributed by atoms with Crippen LogP contribution >= 0.6 is 15.8 Å². The van der Waals surface area contributed by atoms with Crippen LogP contribution in [0.2, 0.25) is 0 Å². The monoisotopic (exact) mass is 1280 g/mol. The molecule has 0 N–H and O–H groups in total. The van der Waals surface area contributed by atoms with E-state index in [0.717, 1.165) is 45.0 Å². The molecular formula is C62H50Au2N2P2+2. The van der Waals surface area contributed by atoms with Gasteiger partial charge < -0.3 is 9.97 Å². The van der Waals surface area contributed by atoms with Crippen LogP contribution in [-0.4, -0.2) is 22.3 Å². The normalized spacial score (nSPS) is 10.3. The van der Waals surface area contributed by atoms with Crippen LogP contribution in [-0.2, 0) is 44.8 Å². The summed E-state index contributed by atoms with van der Waals surface area (Å²) in [4.78, 5) is 9.30. The van der Waals surface area contributed by atoms with Gasteiger partial charge in [-0.3, -0.25) is 0 Å². The Hall–Kier alpha value is -5.60. The van der Waals surface area contributed by atoms with Crippen LogP contribution < -0.4 is 21.2 Å². The summed E-state index contributed by atoms with van der Waals surface area (Å²) in [5, 5.41) is 5.97. The molecule has 2 nitrogen and oxygen atoms in total. The van der Waals surface area contributed by atoms with E-state index in [2.05, 4.69) is 156 Å². The molecule has 0 spiro atoms. The summed E-state index contributed by atoms with van der Waals surface area (Å²) in [7, 11) is -0.566. The Balaban J connectivity index is 0.000000174. The third-order valence-corrected chi connectivity index (χ3v) is 15.9. The van der Waals surface area contributed by atoms with Crippen molar-refractivity contribution in [1.82, 2.24) is 9.97 Å². The van der Waals surface area contributed by atoms with Crippen molar-refractivity contribution >= 4 is 37.1 Å². The van der Waals surface area contributed by atoms with Crippen LogP contribution in [0.3, 0.4) is 0 Å². The first-order valence-corrected chi connectivity index (χ1v) is 25.4. The predicted molar refractivity (Wildman–Crippen MR) is 283 cm³/mol. The van der Waals surface area contributed by atoms with Gasteiger partial charge in [-0.05, 0) is 85.0 Å². The standard InChI is InChI=1S/C28H28P2.2C17H11N.2Au/c1-5-15-25(16-6-1)29(26-17-7-2-8-18-26)23-13-14-24-30(27-19-9-3-10-20-27)28-21-11-4-12-22-28;2*1-3-8-14(9-4-1)16-12-7-13-17(18-16)15-10-5-2-6-11-15;;/h1-12,15-22H,13-14,23-24H2;2*1-8,10,12-13H;;/q;2*-2;2*+3. The fourth-order valence-electron chi connectivity index (χ4n) is 7.47. The van der Waals surface area contributed by atoms with Crippen LogP contribution in [0.1, 0.15) is 12.8 Å². The van der Waals surface area contributed by atoms with Crippen molar-refractivity contribution in [2.45, 2.75) is 12.8 Å². The van der Waals surface area contributed by atoms with Crippen molar-refractivity contribution in [2.24, 2.45) is 0 Å². The molecular weight excluding hydrogens is 1230 g/mol. The van der Waals surface area contributed by atoms with Crippen molar-refractivity contribution < 1.29 is 44.8 Å². The predicted octanol–water partition coefficient (Wildman–Crippen LogP) is 14.1. The molecule has 338 valence electrons. The maximum Gasteiger partial charge on any atom is 3.00 e. The van der Waals surface area contributed by atoms with Gasteiger partial charge in [0.2, 0.25) is 0 Å². The minimum Gasteiger partial charge on any atom is -0.345 e. The molecule has 0 saturated heterocycles. The second-order valence-corrected chi connectivity index (χ2v) is 19.9. The van der Waals surface area contributed by atoms with E-state index in [9.17, 15) is 0 Å². The summed E-state index contributed by atoms with van der Waals surface area (Å²) in [5.41, 5.74) is 7.78. The first-order valence-electron chi connectivity index (χ1n) is 22.4. The van der Waals surface area contributed by atoms with Crippen molar-refractivity contribution in [3.05, 3.63) is 279 Å². The van der Waals surface area contributed by atoms with Gasteiger partial charge in [0.25, 0.3) is 0 Å². The summed E-state index contributed by atoms with van der Waals surface area (Å²) in [6, 6.07) is 101. The number of hydrogen-bond donors (Lipinski definition) is 0. The molecule has 0 radical (unpaired) electrons. The minimum absolute atomic E-state index is 0. The molecule has 6 heteroatoms. The molecule has 10 aromatic rings. The smallest absolute Gasteiger partial charge is 0.345 e. The van der Waals surface area contributed by atoms with E-state index in [-0.39, 0.29) is 60.6 Å². The molecule has 2 heterocycles. The molecule has 10 rings (SSSR count). The molecule has 0 fully saturated rings. The second kappa shape index (κ2) is 28.7. The topological polar surface area (TPSA) is 25.8 Å². The third kappa shape index (κ3) is 15.5. The summed E-state index contributed by atoms with van der Waals surface area (Å²) in [5.74, 6) is 0. The summed E-state index contributed by atoms with van der Waals surface area (Å²) >= 11 is 0. The Kier molecular flexibility index (Phi) is 21.8. The van der Waals surface area contributed by atoms with E-state index < -0.39 is 0 Å². The number of aromatic nitrogens is 2. The molecule has 0 atom stereocenters. The van der Waals surface area contributed by atoms with Gasteiger partial charge >= 0.3 is 44.8 Å². The van der Waals surface area contributed by atoms with Gasteiger partial charge in [-0.2, -0.15) is 0 Å². The van der Waals surface area contributed by atoms with Crippen LogP contribution in [0.5, 0.6) is 0 Å². The molecule has 0 aliphatic heterocycles. The molecule has 0 bridgehead atoms. The largest absolute Gasteiger partial charge is 3.00 e. The maximum atomic E-state index is 4.65. The van der Waals surface area contributed by atoms with E-state index in [0.29, 0.717) is 0 Å². The Morgan fingerprint density at radius 1 is 0.265 bits per heavy atom. The quantitative estimate of drug-likeness (QED) is 0.0498. The van der Waals surface area contributed by atoms with Gasteiger partial charge in [-0.25, -0.2) is 0 Å². The van der Waals surface area contributed by atoms with Crippen LogP contribution in [0.4, 0.5) is 0 Å². The molecule has 0 unspecified atom stereocenters. The number of unbranched alkanes of at least 4 members (excludes halogenated alkanes) is 1. The average molecular weight is 1280 g/mol. The van der Waals surface area contributed by atoms with Gasteiger partial charge in [0.05, 0.1) is 0 Å². The van der Waals surface area contributed by atoms with Gasteiger partial charge in [-0.15, -0.1) is 144 Å². The number of benzene rings is 8. The Morgan fingerprint density at radius 2 is 0.500 bits per heavy atom. The van der Waals surface area contributed by atoms with Crippen molar-refractivity contribution in [3.63, 3.8) is 0 Å². The fraction of sp³-hybridized carbons (Fsp3) is 0.0645. The Labute approximate surface area is 437 Å². The number of pyridine rings is 2. The van der Waals surface area contributed by atoms with E-state index in [1.807, 2.05) is 133 Å². The van der Waals surface area contributed by atoms with Gasteiger partial charge in [-0.1, -0.05) is 158 Å². The van der Waals surface area contributed by atoms with E-state index >= 15 is 0 Å². The van der Waals surface area contributed by atoms with E-state index in [4.69, 9.17) is 0 Å². The zero-order chi connectivity index (χ0) is 44.9. The zero-order valence-corrected chi connectivity index (χ0v) is 43.6. The Bertz CT molecular complexity index is 2510. The van der Waals surface area contributed by atoms with E-state index in [1.54, 1.807) is 0 Å². The summed E-state index contributed by atoms with van der Waals surface area (Å²) in [6.07, 6.45) is 5.06. The first kappa shape index (κ1) is 51.8. The molecule has 8 aromatic carbocycles. The van der Waals surface area contributed by atoms with Gasteiger partial charge in [0.1, 0.15) is 0 Å². The van der Waals surface area contributed by atoms with Crippen molar-refractivity contribution in [3.8, 4) is 45.0 Å². The minimum atomic E-state index is -0.283. The number of rotatable bonds is 13. The number of nitrogens with zero attached hydrogens (tertiary/aromatic N) is 2. The molecule has 0 aliphatic rings. The SMILES string of the molecule is [Au+3].[Au+3].[c-]1ccccc1-c1cccc(-c2[c-]cccc2)n1.[c-]1ccccc1-c1cccc(-c2[c-]cccc2)n1.c1ccc(P(CCCCP(c2ccccc2)c2ccccc2)c2ccccc2)cc1. The molecule has 2 aromatic heterocycles. The van der Waals surface area contributed by atoms with E-state index in [1.165, 1.54) is 46.4 Å². The van der Waals surface area contributed by atoms with Crippen LogP contribution in [0.25, 0.3) is 45.0 Å². The number of hydrogen-bond acceptors (Lipinski definition) is 2. The molecule has 0 amide bonds. The van der Waals surface area contributed by atoms with Gasteiger partial charge in [0, 0.05) is 0 Å². The zero-order valence-electron chi connectivity index (χ0n) is 37.5.